The molecule has 0 saturated carbocycles. The highest BCUT2D eigenvalue weighted by Gasteiger charge is 2.27. The fourth-order valence-electron chi connectivity index (χ4n) is 3.82. The SMILES string of the molecule is CN=C(NCc1c(C)nn(CCOC)c1C)NC1CCN(c2c(F)cccc2F)C1. The Bertz CT molecular complexity index is 878. The van der Waals surface area contributed by atoms with E-state index in [0.717, 1.165) is 23.4 Å². The molecule has 1 unspecified atom stereocenters. The minimum atomic E-state index is -0.533. The Labute approximate surface area is 176 Å². The number of nitrogens with zero attached hydrogens (tertiary/aromatic N) is 4. The van der Waals surface area contributed by atoms with Crippen molar-refractivity contribution >= 4 is 11.6 Å². The molecule has 3 rings (SSSR count). The first kappa shape index (κ1) is 22.0. The third kappa shape index (κ3) is 4.89. The number of para-hydroxylation sites is 1. The molecule has 1 saturated heterocycles. The summed E-state index contributed by atoms with van der Waals surface area (Å²) >= 11 is 0. The highest BCUT2D eigenvalue weighted by molar-refractivity contribution is 5.80. The van der Waals surface area contributed by atoms with Gasteiger partial charge in [0.15, 0.2) is 5.96 Å². The topological polar surface area (TPSA) is 66.7 Å². The summed E-state index contributed by atoms with van der Waals surface area (Å²) in [5.74, 6) is -0.413. The second kappa shape index (κ2) is 9.88. The van der Waals surface area contributed by atoms with E-state index >= 15 is 0 Å². The summed E-state index contributed by atoms with van der Waals surface area (Å²) in [6.45, 7) is 7.02. The smallest absolute Gasteiger partial charge is 0.191 e. The van der Waals surface area contributed by atoms with E-state index in [1.165, 1.54) is 18.2 Å². The summed E-state index contributed by atoms with van der Waals surface area (Å²) < 4.78 is 35.2. The number of aliphatic imine (C=N–C) groups is 1. The van der Waals surface area contributed by atoms with Gasteiger partial charge in [-0.15, -0.1) is 0 Å². The van der Waals surface area contributed by atoms with Crippen LogP contribution in [-0.2, 0) is 17.8 Å². The van der Waals surface area contributed by atoms with E-state index in [-0.39, 0.29) is 11.7 Å². The molecule has 2 N–H and O–H groups in total. The van der Waals surface area contributed by atoms with E-state index in [1.807, 2.05) is 18.5 Å². The molecule has 2 aromatic rings. The van der Waals surface area contributed by atoms with E-state index in [4.69, 9.17) is 4.74 Å². The van der Waals surface area contributed by atoms with Crippen LogP contribution >= 0.6 is 0 Å². The molecular formula is C21H30F2N6O. The second-order valence-electron chi connectivity index (χ2n) is 7.44. The molecule has 0 amide bonds. The van der Waals surface area contributed by atoms with Crippen molar-refractivity contribution in [3.05, 3.63) is 46.8 Å². The third-order valence-corrected chi connectivity index (χ3v) is 5.48. The first-order chi connectivity index (χ1) is 14.4. The zero-order chi connectivity index (χ0) is 21.7. The fourth-order valence-corrected chi connectivity index (χ4v) is 3.82. The van der Waals surface area contributed by atoms with Crippen LogP contribution in [0.15, 0.2) is 23.2 Å². The molecule has 1 aliphatic rings. The summed E-state index contributed by atoms with van der Waals surface area (Å²) in [4.78, 5) is 6.04. The molecule has 1 aliphatic heterocycles. The zero-order valence-electron chi connectivity index (χ0n) is 18.0. The number of guanidine groups is 1. The highest BCUT2D eigenvalue weighted by atomic mass is 19.1. The summed E-state index contributed by atoms with van der Waals surface area (Å²) in [6, 6.07) is 4.00. The Morgan fingerprint density at radius 2 is 2.03 bits per heavy atom. The number of aryl methyl sites for hydroxylation is 1. The molecule has 1 aromatic carbocycles. The van der Waals surface area contributed by atoms with Gasteiger partial charge in [-0.05, 0) is 32.4 Å². The van der Waals surface area contributed by atoms with E-state index in [1.54, 1.807) is 19.1 Å². The van der Waals surface area contributed by atoms with Gasteiger partial charge in [0.1, 0.15) is 17.3 Å². The predicted octanol–water partition coefficient (Wildman–Crippen LogP) is 2.37. The van der Waals surface area contributed by atoms with Gasteiger partial charge in [-0.2, -0.15) is 5.10 Å². The van der Waals surface area contributed by atoms with Crippen LogP contribution in [-0.4, -0.2) is 55.6 Å². The lowest BCUT2D eigenvalue weighted by Gasteiger charge is -2.21. The first-order valence-electron chi connectivity index (χ1n) is 10.1. The summed E-state index contributed by atoms with van der Waals surface area (Å²) in [7, 11) is 3.38. The minimum absolute atomic E-state index is 0.0412. The summed E-state index contributed by atoms with van der Waals surface area (Å²) in [5.41, 5.74) is 3.22. The lowest BCUT2D eigenvalue weighted by Crippen LogP contribution is -2.44. The van der Waals surface area contributed by atoms with Gasteiger partial charge in [0.25, 0.3) is 0 Å². The predicted molar refractivity (Wildman–Crippen MR) is 114 cm³/mol. The van der Waals surface area contributed by atoms with Crippen LogP contribution in [0.3, 0.4) is 0 Å². The number of halogens is 2. The molecule has 1 aromatic heterocycles. The molecule has 30 heavy (non-hydrogen) atoms. The van der Waals surface area contributed by atoms with E-state index in [9.17, 15) is 8.78 Å². The van der Waals surface area contributed by atoms with E-state index in [0.29, 0.717) is 38.7 Å². The van der Waals surface area contributed by atoms with Gasteiger partial charge < -0.3 is 20.3 Å². The van der Waals surface area contributed by atoms with Gasteiger partial charge in [0.05, 0.1) is 18.8 Å². The maximum absolute atomic E-state index is 14.1. The van der Waals surface area contributed by atoms with Gasteiger partial charge in [-0.25, -0.2) is 8.78 Å². The van der Waals surface area contributed by atoms with Crippen molar-refractivity contribution in [3.8, 4) is 0 Å². The molecule has 0 radical (unpaired) electrons. The van der Waals surface area contributed by atoms with Crippen LogP contribution in [0.5, 0.6) is 0 Å². The molecule has 0 spiro atoms. The number of benzene rings is 1. The quantitative estimate of drug-likeness (QED) is 0.532. The maximum atomic E-state index is 14.1. The molecule has 7 nitrogen and oxygen atoms in total. The molecule has 2 heterocycles. The Balaban J connectivity index is 1.58. The Hall–Kier alpha value is -2.68. The monoisotopic (exact) mass is 420 g/mol. The highest BCUT2D eigenvalue weighted by Crippen LogP contribution is 2.26. The van der Waals surface area contributed by atoms with Crippen molar-refractivity contribution in [2.45, 2.75) is 39.4 Å². The number of nitrogens with one attached hydrogen (secondary N) is 2. The normalized spacial score (nSPS) is 16.9. The average molecular weight is 421 g/mol. The van der Waals surface area contributed by atoms with Crippen molar-refractivity contribution in [3.63, 3.8) is 0 Å². The molecule has 9 heteroatoms. The van der Waals surface area contributed by atoms with Crippen LogP contribution in [0.2, 0.25) is 0 Å². The third-order valence-electron chi connectivity index (χ3n) is 5.48. The average Bonchev–Trinajstić information content (AvgIpc) is 3.28. The fraction of sp³-hybridized carbons (Fsp3) is 0.524. The maximum Gasteiger partial charge on any atom is 0.191 e. The number of hydrogen-bond acceptors (Lipinski definition) is 4. The number of ether oxygens (including phenoxy) is 1. The van der Waals surface area contributed by atoms with Gasteiger partial charge in [-0.3, -0.25) is 9.67 Å². The molecule has 1 fully saturated rings. The Morgan fingerprint density at radius 1 is 1.30 bits per heavy atom. The van der Waals surface area contributed by atoms with Crippen molar-refractivity contribution in [2.24, 2.45) is 4.99 Å². The van der Waals surface area contributed by atoms with Gasteiger partial charge in [-0.1, -0.05) is 6.07 Å². The molecular weight excluding hydrogens is 390 g/mol. The number of anilines is 1. The van der Waals surface area contributed by atoms with Gasteiger partial charge >= 0.3 is 0 Å². The van der Waals surface area contributed by atoms with Crippen LogP contribution in [0, 0.1) is 25.5 Å². The molecule has 0 aliphatic carbocycles. The van der Waals surface area contributed by atoms with Crippen molar-refractivity contribution in [1.29, 1.82) is 0 Å². The number of aromatic nitrogens is 2. The van der Waals surface area contributed by atoms with Crippen molar-refractivity contribution in [1.82, 2.24) is 20.4 Å². The number of methoxy groups -OCH3 is 1. The summed E-state index contributed by atoms with van der Waals surface area (Å²) in [5, 5.41) is 11.3. The van der Waals surface area contributed by atoms with Crippen molar-refractivity contribution < 1.29 is 13.5 Å². The second-order valence-corrected chi connectivity index (χ2v) is 7.44. The van der Waals surface area contributed by atoms with Crippen LogP contribution < -0.4 is 15.5 Å². The first-order valence-corrected chi connectivity index (χ1v) is 10.1. The lowest BCUT2D eigenvalue weighted by molar-refractivity contribution is 0.182. The summed E-state index contributed by atoms with van der Waals surface area (Å²) in [6.07, 6.45) is 0.765. The van der Waals surface area contributed by atoms with Crippen LogP contribution in [0.4, 0.5) is 14.5 Å². The largest absolute Gasteiger partial charge is 0.383 e. The number of rotatable bonds is 7. The van der Waals surface area contributed by atoms with E-state index < -0.39 is 11.6 Å². The minimum Gasteiger partial charge on any atom is -0.383 e. The Morgan fingerprint density at radius 3 is 2.70 bits per heavy atom. The molecule has 0 bridgehead atoms. The van der Waals surface area contributed by atoms with E-state index in [2.05, 4.69) is 20.7 Å². The van der Waals surface area contributed by atoms with Gasteiger partial charge in [0.2, 0.25) is 0 Å². The standard InChI is InChI=1S/C21H30F2N6O/c1-14-17(15(2)29(27-14)10-11-30-4)12-25-21(24-3)26-16-8-9-28(13-16)20-18(22)6-5-7-19(20)23/h5-7,16H,8-13H2,1-4H3,(H2,24,25,26). The van der Waals surface area contributed by atoms with Crippen LogP contribution in [0.1, 0.15) is 23.4 Å². The Kier molecular flexibility index (Phi) is 7.25. The zero-order valence-corrected chi connectivity index (χ0v) is 18.0. The van der Waals surface area contributed by atoms with Gasteiger partial charge in [0, 0.05) is 51.1 Å². The van der Waals surface area contributed by atoms with Crippen LogP contribution in [0.25, 0.3) is 0 Å². The molecule has 164 valence electrons. The lowest BCUT2D eigenvalue weighted by atomic mass is 10.2. The van der Waals surface area contributed by atoms with Crippen molar-refractivity contribution in [2.75, 3.05) is 38.8 Å². The molecule has 1 atom stereocenters. The number of hydrogen-bond donors (Lipinski definition) is 2.